The lowest BCUT2D eigenvalue weighted by Crippen LogP contribution is -2.32. The van der Waals surface area contributed by atoms with Crippen LogP contribution in [0.1, 0.15) is 29.6 Å². The molecular formula is C21H26N6O3S. The molecule has 2 aromatic heterocycles. The quantitative estimate of drug-likeness (QED) is 0.437. The van der Waals surface area contributed by atoms with Gasteiger partial charge in [0.1, 0.15) is 5.65 Å². The maximum absolute atomic E-state index is 12.4. The number of carbonyl (C=O) groups is 1. The number of rotatable bonds is 9. The molecule has 3 heterocycles. The van der Waals surface area contributed by atoms with E-state index in [4.69, 9.17) is 5.73 Å². The summed E-state index contributed by atoms with van der Waals surface area (Å²) in [5.74, 6) is -0.513. The molecule has 1 aliphatic heterocycles. The number of nitrogens with two attached hydrogens (primary N) is 1. The largest absolute Gasteiger partial charge is 0.366 e. The van der Waals surface area contributed by atoms with Crippen LogP contribution in [0, 0.1) is 0 Å². The van der Waals surface area contributed by atoms with Crippen LogP contribution in [0.3, 0.4) is 0 Å². The number of nitrogens with zero attached hydrogens (tertiary/aromatic N) is 3. The summed E-state index contributed by atoms with van der Waals surface area (Å²) in [5, 5.41) is 0. The molecule has 1 aromatic carbocycles. The van der Waals surface area contributed by atoms with E-state index in [0.29, 0.717) is 29.1 Å². The number of fused-ring (bicyclic) bond motifs is 1. The second-order valence-corrected chi connectivity index (χ2v) is 9.16. The zero-order valence-corrected chi connectivity index (χ0v) is 17.9. The summed E-state index contributed by atoms with van der Waals surface area (Å²) in [7, 11) is -3.66. The molecule has 0 atom stereocenters. The molecule has 0 radical (unpaired) electrons. The molecule has 10 heteroatoms. The highest BCUT2D eigenvalue weighted by atomic mass is 32.2. The SMILES string of the molecule is NC(=O)c1ccc2nc(-c3cccc(NS(=O)(=O)NCCCN4CCCC4)c3)cn2c1. The average Bonchev–Trinajstić information content (AvgIpc) is 3.40. The Morgan fingerprint density at radius 1 is 1.13 bits per heavy atom. The highest BCUT2D eigenvalue weighted by Crippen LogP contribution is 2.23. The van der Waals surface area contributed by atoms with Gasteiger partial charge < -0.3 is 15.0 Å². The Morgan fingerprint density at radius 3 is 2.71 bits per heavy atom. The Labute approximate surface area is 181 Å². The van der Waals surface area contributed by atoms with Crippen LogP contribution in [0.4, 0.5) is 5.69 Å². The minimum atomic E-state index is -3.66. The lowest BCUT2D eigenvalue weighted by molar-refractivity contribution is 0.1000. The Hall–Kier alpha value is -2.95. The van der Waals surface area contributed by atoms with E-state index in [-0.39, 0.29) is 0 Å². The number of hydrogen-bond donors (Lipinski definition) is 3. The molecule has 9 nitrogen and oxygen atoms in total. The van der Waals surface area contributed by atoms with E-state index in [1.54, 1.807) is 47.1 Å². The maximum Gasteiger partial charge on any atom is 0.299 e. The van der Waals surface area contributed by atoms with Crippen molar-refractivity contribution in [2.24, 2.45) is 5.73 Å². The van der Waals surface area contributed by atoms with Crippen molar-refractivity contribution in [1.29, 1.82) is 0 Å². The van der Waals surface area contributed by atoms with Gasteiger partial charge in [-0.2, -0.15) is 13.1 Å². The third kappa shape index (κ3) is 5.40. The molecule has 0 bridgehead atoms. The first-order valence-electron chi connectivity index (χ1n) is 10.3. The van der Waals surface area contributed by atoms with Gasteiger partial charge >= 0.3 is 0 Å². The molecule has 4 rings (SSSR count). The van der Waals surface area contributed by atoms with Gasteiger partial charge in [-0.1, -0.05) is 12.1 Å². The molecule has 0 saturated carbocycles. The van der Waals surface area contributed by atoms with Gasteiger partial charge in [0.25, 0.3) is 10.2 Å². The zero-order chi connectivity index (χ0) is 21.8. The van der Waals surface area contributed by atoms with Gasteiger partial charge in [0.15, 0.2) is 0 Å². The van der Waals surface area contributed by atoms with Gasteiger partial charge in [0.2, 0.25) is 5.91 Å². The van der Waals surface area contributed by atoms with E-state index in [9.17, 15) is 13.2 Å². The van der Waals surface area contributed by atoms with Gasteiger partial charge in [0.05, 0.1) is 16.9 Å². The van der Waals surface area contributed by atoms with Crippen LogP contribution in [-0.2, 0) is 10.2 Å². The van der Waals surface area contributed by atoms with Gasteiger partial charge in [0, 0.05) is 24.5 Å². The second kappa shape index (κ2) is 9.04. The highest BCUT2D eigenvalue weighted by Gasteiger charge is 2.13. The van der Waals surface area contributed by atoms with Crippen LogP contribution >= 0.6 is 0 Å². The number of likely N-dealkylation sites (tertiary alicyclic amines) is 1. The molecule has 1 aliphatic rings. The lowest BCUT2D eigenvalue weighted by atomic mass is 10.1. The lowest BCUT2D eigenvalue weighted by Gasteiger charge is -2.15. The number of amides is 1. The summed E-state index contributed by atoms with van der Waals surface area (Å²) in [5.41, 5.74) is 8.22. The van der Waals surface area contributed by atoms with Crippen molar-refractivity contribution in [2.45, 2.75) is 19.3 Å². The normalized spacial score (nSPS) is 14.8. The van der Waals surface area contributed by atoms with Crippen molar-refractivity contribution < 1.29 is 13.2 Å². The fraction of sp³-hybridized carbons (Fsp3) is 0.333. The van der Waals surface area contributed by atoms with Gasteiger partial charge in [-0.05, 0) is 63.2 Å². The van der Waals surface area contributed by atoms with Crippen LogP contribution in [-0.4, -0.2) is 54.8 Å². The molecule has 1 saturated heterocycles. The van der Waals surface area contributed by atoms with Crippen LogP contribution in [0.5, 0.6) is 0 Å². The van der Waals surface area contributed by atoms with E-state index in [1.807, 2.05) is 6.07 Å². The Kier molecular flexibility index (Phi) is 6.21. The molecule has 1 amide bonds. The van der Waals surface area contributed by atoms with Gasteiger partial charge in [-0.15, -0.1) is 0 Å². The molecule has 4 N–H and O–H groups in total. The third-order valence-electron chi connectivity index (χ3n) is 5.29. The number of primary amides is 1. The number of hydrogen-bond acceptors (Lipinski definition) is 5. The summed E-state index contributed by atoms with van der Waals surface area (Å²) < 4.78 is 31.7. The van der Waals surface area contributed by atoms with Crippen LogP contribution in [0.15, 0.2) is 48.8 Å². The monoisotopic (exact) mass is 442 g/mol. The third-order valence-corrected chi connectivity index (χ3v) is 6.38. The molecule has 0 unspecified atom stereocenters. The zero-order valence-electron chi connectivity index (χ0n) is 17.1. The number of pyridine rings is 1. The van der Waals surface area contributed by atoms with Crippen molar-refractivity contribution in [3.05, 3.63) is 54.4 Å². The maximum atomic E-state index is 12.4. The van der Waals surface area contributed by atoms with E-state index in [1.165, 1.54) is 12.8 Å². The molecule has 164 valence electrons. The Bertz CT molecular complexity index is 1180. The number of imidazole rings is 1. The van der Waals surface area contributed by atoms with Crippen molar-refractivity contribution in [3.63, 3.8) is 0 Å². The average molecular weight is 443 g/mol. The number of benzene rings is 1. The Balaban J connectivity index is 1.41. The molecule has 0 aliphatic carbocycles. The van der Waals surface area contributed by atoms with Gasteiger partial charge in [-0.3, -0.25) is 9.52 Å². The summed E-state index contributed by atoms with van der Waals surface area (Å²) in [6.45, 7) is 3.50. The summed E-state index contributed by atoms with van der Waals surface area (Å²) >= 11 is 0. The van der Waals surface area contributed by atoms with Crippen LogP contribution in [0.2, 0.25) is 0 Å². The van der Waals surface area contributed by atoms with Crippen molar-refractivity contribution >= 4 is 27.5 Å². The number of anilines is 1. The van der Waals surface area contributed by atoms with Crippen LogP contribution < -0.4 is 15.2 Å². The standard InChI is InChI=1S/C21H26N6O3S/c22-21(28)17-7-8-20-24-19(15-27(20)14-17)16-5-3-6-18(13-16)25-31(29,30)23-9-4-12-26-10-1-2-11-26/h3,5-8,13-15,23,25H,1-2,4,9-12H2,(H2,22,28). The fourth-order valence-electron chi connectivity index (χ4n) is 3.73. The minimum Gasteiger partial charge on any atom is -0.366 e. The first kappa shape index (κ1) is 21.3. The van der Waals surface area contributed by atoms with E-state index in [0.717, 1.165) is 31.6 Å². The highest BCUT2D eigenvalue weighted by molar-refractivity contribution is 7.90. The van der Waals surface area contributed by atoms with Crippen molar-refractivity contribution in [1.82, 2.24) is 19.0 Å². The van der Waals surface area contributed by atoms with Gasteiger partial charge in [-0.25, -0.2) is 4.98 Å². The first-order valence-corrected chi connectivity index (χ1v) is 11.8. The van der Waals surface area contributed by atoms with Crippen molar-refractivity contribution in [2.75, 3.05) is 30.9 Å². The summed E-state index contributed by atoms with van der Waals surface area (Å²) in [6.07, 6.45) is 6.61. The second-order valence-electron chi connectivity index (χ2n) is 7.66. The minimum absolute atomic E-state index is 0.383. The topological polar surface area (TPSA) is 122 Å². The predicted molar refractivity (Wildman–Crippen MR) is 120 cm³/mol. The predicted octanol–water partition coefficient (Wildman–Crippen LogP) is 1.83. The molecule has 1 fully saturated rings. The summed E-state index contributed by atoms with van der Waals surface area (Å²) in [4.78, 5) is 18.3. The Morgan fingerprint density at radius 2 is 1.94 bits per heavy atom. The summed E-state index contributed by atoms with van der Waals surface area (Å²) in [6, 6.07) is 10.3. The van der Waals surface area contributed by atoms with Crippen LogP contribution in [0.25, 0.3) is 16.9 Å². The van der Waals surface area contributed by atoms with Crippen molar-refractivity contribution in [3.8, 4) is 11.3 Å². The van der Waals surface area contributed by atoms with E-state index < -0.39 is 16.1 Å². The molecule has 3 aromatic rings. The molecule has 31 heavy (non-hydrogen) atoms. The number of aromatic nitrogens is 2. The molecular weight excluding hydrogens is 416 g/mol. The van der Waals surface area contributed by atoms with E-state index in [2.05, 4.69) is 19.3 Å². The number of nitrogens with one attached hydrogen (secondary N) is 2. The molecule has 0 spiro atoms. The number of carbonyl (C=O) groups excluding carboxylic acids is 1. The fourth-order valence-corrected chi connectivity index (χ4v) is 4.65. The smallest absolute Gasteiger partial charge is 0.299 e. The first-order chi connectivity index (χ1) is 14.9. The van der Waals surface area contributed by atoms with E-state index >= 15 is 0 Å².